The third kappa shape index (κ3) is 17.0. The van der Waals surface area contributed by atoms with Gasteiger partial charge in [0.25, 0.3) is 0 Å². The SMILES string of the molecule is C=CC(=O)Nc1cc(-c2nn(C3CCN(CCCCCCOCCOCCOCCOCC(=O)N[C@H](C(=O)N4CCC[C@H]4C(=O)NCc4ccc(-c5scnc5C)cc4)C(C)(C)C)CC3)c3ncnc(N)c23)ccc1Oc1ccccc1. The van der Waals surface area contributed by atoms with Gasteiger partial charge in [0.1, 0.15) is 42.3 Å². The first-order valence-corrected chi connectivity index (χ1v) is 29.3. The Kier molecular flexibility index (Phi) is 22.5. The van der Waals surface area contributed by atoms with Crippen LogP contribution in [0.1, 0.15) is 89.4 Å². The highest BCUT2D eigenvalue weighted by molar-refractivity contribution is 7.13. The van der Waals surface area contributed by atoms with Crippen LogP contribution in [0.15, 0.2) is 97.3 Å². The summed E-state index contributed by atoms with van der Waals surface area (Å²) in [5.74, 6) is 0.185. The summed E-state index contributed by atoms with van der Waals surface area (Å²) in [5, 5.41) is 14.5. The summed E-state index contributed by atoms with van der Waals surface area (Å²) in [5.41, 5.74) is 13.3. The number of thiazole rings is 1. The van der Waals surface area contributed by atoms with E-state index in [-0.39, 0.29) is 43.6 Å². The number of nitrogens with one attached hydrogen (secondary N) is 3. The van der Waals surface area contributed by atoms with Crippen LogP contribution < -0.4 is 26.4 Å². The average molecular weight is 1140 g/mol. The van der Waals surface area contributed by atoms with Gasteiger partial charge >= 0.3 is 0 Å². The fourth-order valence-electron chi connectivity index (χ4n) is 10.2. The van der Waals surface area contributed by atoms with Crippen molar-refractivity contribution in [1.29, 1.82) is 0 Å². The summed E-state index contributed by atoms with van der Waals surface area (Å²) >= 11 is 1.60. The lowest BCUT2D eigenvalue weighted by Gasteiger charge is -2.35. The van der Waals surface area contributed by atoms with Gasteiger partial charge < -0.3 is 55.2 Å². The summed E-state index contributed by atoms with van der Waals surface area (Å²) in [6.45, 7) is 17.7. The van der Waals surface area contributed by atoms with Gasteiger partial charge in [-0.1, -0.05) is 82.7 Å². The zero-order chi connectivity index (χ0) is 57.8. The maximum atomic E-state index is 13.9. The van der Waals surface area contributed by atoms with Gasteiger partial charge in [0.2, 0.25) is 23.6 Å². The Bertz CT molecular complexity index is 3050. The third-order valence-corrected chi connectivity index (χ3v) is 15.6. The Morgan fingerprint density at radius 2 is 1.51 bits per heavy atom. The van der Waals surface area contributed by atoms with Crippen LogP contribution >= 0.6 is 11.3 Å². The number of anilines is 2. The van der Waals surface area contributed by atoms with E-state index in [1.54, 1.807) is 16.2 Å². The number of carbonyl (C=O) groups is 4. The highest BCUT2D eigenvalue weighted by Crippen LogP contribution is 2.39. The van der Waals surface area contributed by atoms with Crippen LogP contribution in [0.25, 0.3) is 32.7 Å². The van der Waals surface area contributed by atoms with Crippen molar-refractivity contribution in [3.05, 3.63) is 109 Å². The molecule has 5 heterocycles. The van der Waals surface area contributed by atoms with Crippen LogP contribution in [0.3, 0.4) is 0 Å². The molecule has 0 spiro atoms. The van der Waals surface area contributed by atoms with Crippen LogP contribution in [0.4, 0.5) is 11.5 Å². The van der Waals surface area contributed by atoms with Crippen molar-refractivity contribution in [3.63, 3.8) is 0 Å². The fraction of sp³-hybridized carbons (Fsp3) is 0.475. The molecule has 2 aliphatic heterocycles. The summed E-state index contributed by atoms with van der Waals surface area (Å²) in [6, 6.07) is 21.6. The number of aryl methyl sites for hydroxylation is 1. The molecule has 3 aromatic carbocycles. The number of ether oxygens (including phenoxy) is 5. The number of unbranched alkanes of at least 4 members (excludes halogenated alkanes) is 3. The van der Waals surface area contributed by atoms with Crippen LogP contribution in [0.2, 0.25) is 0 Å². The molecule has 0 bridgehead atoms. The lowest BCUT2D eigenvalue weighted by Crippen LogP contribution is -2.58. The third-order valence-electron chi connectivity index (χ3n) is 14.6. The zero-order valence-electron chi connectivity index (χ0n) is 47.7. The number of benzene rings is 3. The number of nitrogens with two attached hydrogens (primary N) is 1. The molecule has 21 heteroatoms. The molecule has 0 aliphatic carbocycles. The van der Waals surface area contributed by atoms with Gasteiger partial charge in [-0.15, -0.1) is 11.3 Å². The number of likely N-dealkylation sites (tertiary alicyclic amines) is 2. The molecule has 4 amide bonds. The molecule has 20 nitrogen and oxygen atoms in total. The maximum Gasteiger partial charge on any atom is 0.247 e. The number of piperidine rings is 1. The largest absolute Gasteiger partial charge is 0.455 e. The normalized spacial score (nSPS) is 15.4. The molecule has 2 saturated heterocycles. The monoisotopic (exact) mass is 1140 g/mol. The molecule has 8 rings (SSSR count). The number of amides is 4. The van der Waals surface area contributed by atoms with Crippen LogP contribution in [0.5, 0.6) is 11.5 Å². The van der Waals surface area contributed by atoms with Gasteiger partial charge in [-0.2, -0.15) is 5.10 Å². The molecule has 2 aliphatic rings. The molecular formula is C61H79N11O9S. The topological polar surface area (TPSA) is 240 Å². The summed E-state index contributed by atoms with van der Waals surface area (Å²) in [6.07, 6.45) is 10.1. The number of para-hydroxylation sites is 1. The quantitative estimate of drug-likeness (QED) is 0.0244. The summed E-state index contributed by atoms with van der Waals surface area (Å²) in [7, 11) is 0. The first-order chi connectivity index (χ1) is 39.8. The molecule has 5 N–H and O–H groups in total. The number of carbonyl (C=O) groups excluding carboxylic acids is 4. The van der Waals surface area contributed by atoms with Crippen LogP contribution in [0, 0.1) is 12.3 Å². The highest BCUT2D eigenvalue weighted by atomic mass is 32.1. The van der Waals surface area contributed by atoms with Gasteiger partial charge in [0.15, 0.2) is 11.4 Å². The molecule has 0 saturated carbocycles. The second-order valence-electron chi connectivity index (χ2n) is 21.7. The van der Waals surface area contributed by atoms with E-state index < -0.39 is 23.4 Å². The maximum absolute atomic E-state index is 13.9. The number of fused-ring (bicyclic) bond motifs is 1. The lowest BCUT2D eigenvalue weighted by molar-refractivity contribution is -0.144. The van der Waals surface area contributed by atoms with Crippen molar-refractivity contribution >= 4 is 57.5 Å². The van der Waals surface area contributed by atoms with Crippen LogP contribution in [-0.4, -0.2) is 149 Å². The Hall–Kier alpha value is -7.14. The first-order valence-electron chi connectivity index (χ1n) is 28.5. The van der Waals surface area contributed by atoms with Gasteiger partial charge in [0.05, 0.1) is 72.8 Å². The number of nitrogens with zero attached hydrogens (tertiary/aromatic N) is 7. The predicted octanol–water partition coefficient (Wildman–Crippen LogP) is 8.53. The van der Waals surface area contributed by atoms with Gasteiger partial charge in [-0.05, 0) is 105 Å². The molecule has 3 aromatic heterocycles. The Morgan fingerprint density at radius 1 is 0.817 bits per heavy atom. The zero-order valence-corrected chi connectivity index (χ0v) is 48.6. The second kappa shape index (κ2) is 30.2. The lowest BCUT2D eigenvalue weighted by atomic mass is 9.85. The predicted molar refractivity (Wildman–Crippen MR) is 317 cm³/mol. The number of hydrogen-bond donors (Lipinski definition) is 4. The van der Waals surface area contributed by atoms with Crippen molar-refractivity contribution < 1.29 is 42.9 Å². The van der Waals surface area contributed by atoms with E-state index in [4.69, 9.17) is 34.5 Å². The van der Waals surface area contributed by atoms with Gasteiger partial charge in [-0.3, -0.25) is 19.2 Å². The van der Waals surface area contributed by atoms with Crippen molar-refractivity contribution in [2.75, 3.05) is 90.1 Å². The van der Waals surface area contributed by atoms with E-state index in [9.17, 15) is 19.2 Å². The second-order valence-corrected chi connectivity index (χ2v) is 22.5. The number of hydrogen-bond acceptors (Lipinski definition) is 16. The molecule has 6 aromatic rings. The Labute approximate surface area is 484 Å². The summed E-state index contributed by atoms with van der Waals surface area (Å²) < 4.78 is 30.8. The van der Waals surface area contributed by atoms with Gasteiger partial charge in [-0.25, -0.2) is 19.6 Å². The van der Waals surface area contributed by atoms with E-state index in [0.29, 0.717) is 98.7 Å². The molecule has 2 atom stereocenters. The Morgan fingerprint density at radius 3 is 2.21 bits per heavy atom. The molecule has 2 fully saturated rings. The molecule has 438 valence electrons. The average Bonchev–Trinajstić information content (AvgIpc) is 4.46. The van der Waals surface area contributed by atoms with Crippen molar-refractivity contribution in [2.45, 2.75) is 104 Å². The molecule has 0 radical (unpaired) electrons. The Balaban J connectivity index is 0.644. The van der Waals surface area contributed by atoms with E-state index >= 15 is 0 Å². The minimum atomic E-state index is -0.840. The number of nitrogen functional groups attached to an aromatic ring is 1. The molecular weight excluding hydrogens is 1060 g/mol. The standard InChI is InChI=1S/C61H79N11O9S/c1-6-51(73)67-48-37-45(22-23-50(48)81-47-15-10-9-11-16-47)54-53-57(62)64-40-65-58(53)72(69-54)46-24-28-70(29-25-46)26-12-7-8-13-30-77-31-32-78-33-34-79-35-36-80-39-52(74)68-56(61(3,4)5)60(76)71-27-14-17-49(71)59(75)63-38-43-18-20-44(21-19-43)55-42(2)66-41-82-55/h6,9-11,15-16,18-23,37,40-41,46,49,56H,1,7-8,12-14,17,24-36,38-39H2,2-5H3,(H,63,75)(H,67,73)(H,68,74)(H2,62,64,65)/t49-,56+/m0/s1. The van der Waals surface area contributed by atoms with E-state index in [2.05, 4.69) is 42.4 Å². The molecule has 82 heavy (non-hydrogen) atoms. The number of aromatic nitrogens is 5. The van der Waals surface area contributed by atoms with E-state index in [0.717, 1.165) is 85.4 Å². The fourth-order valence-corrected chi connectivity index (χ4v) is 11.0. The van der Waals surface area contributed by atoms with E-state index in [1.807, 2.05) is 111 Å². The minimum absolute atomic E-state index is 0.137. The van der Waals surface area contributed by atoms with Crippen molar-refractivity contribution in [1.82, 2.24) is 45.2 Å². The number of rotatable bonds is 30. The highest BCUT2D eigenvalue weighted by Gasteiger charge is 2.42. The van der Waals surface area contributed by atoms with Crippen molar-refractivity contribution in [2.24, 2.45) is 5.41 Å². The first kappa shape index (κ1) is 60.9. The minimum Gasteiger partial charge on any atom is -0.455 e. The van der Waals surface area contributed by atoms with E-state index in [1.165, 1.54) is 12.4 Å². The summed E-state index contributed by atoms with van der Waals surface area (Å²) in [4.78, 5) is 71.4. The van der Waals surface area contributed by atoms with Crippen molar-refractivity contribution in [3.8, 4) is 33.2 Å². The van der Waals surface area contributed by atoms with Crippen LogP contribution in [-0.2, 0) is 44.7 Å². The smallest absolute Gasteiger partial charge is 0.247 e. The molecule has 0 unspecified atom stereocenters. The van der Waals surface area contributed by atoms with Gasteiger partial charge in [0, 0.05) is 38.3 Å².